The van der Waals surface area contributed by atoms with Crippen LogP contribution in [0, 0.1) is 11.8 Å². The molecule has 0 aliphatic carbocycles. The summed E-state index contributed by atoms with van der Waals surface area (Å²) in [4.78, 5) is 0. The third-order valence-corrected chi connectivity index (χ3v) is 2.09. The van der Waals surface area contributed by atoms with Crippen LogP contribution in [0.2, 0.25) is 0 Å². The standard InChI is InChI=1S/C14H18O3/c1-3-16-14(17-4-2)11-10-13(15)12-8-6-5-7-9-12/h5-9,13-15H,3-4H2,1-2H3/t13-/m0/s1. The Bertz CT molecular complexity index is 358. The molecule has 0 amide bonds. The second kappa shape index (κ2) is 7.86. The molecule has 17 heavy (non-hydrogen) atoms. The van der Waals surface area contributed by atoms with Gasteiger partial charge in [0.15, 0.2) is 0 Å². The Hall–Kier alpha value is -1.34. The van der Waals surface area contributed by atoms with Gasteiger partial charge in [0, 0.05) is 13.2 Å². The third-order valence-electron chi connectivity index (χ3n) is 2.09. The molecule has 0 radical (unpaired) electrons. The Kier molecular flexibility index (Phi) is 6.34. The maximum absolute atomic E-state index is 9.82. The summed E-state index contributed by atoms with van der Waals surface area (Å²) in [5, 5.41) is 9.82. The van der Waals surface area contributed by atoms with Crippen molar-refractivity contribution in [3.05, 3.63) is 35.9 Å². The molecule has 1 aromatic carbocycles. The van der Waals surface area contributed by atoms with Gasteiger partial charge in [0.2, 0.25) is 6.29 Å². The molecule has 1 N–H and O–H groups in total. The lowest BCUT2D eigenvalue weighted by molar-refractivity contribution is -0.0971. The predicted octanol–water partition coefficient (Wildman–Crippen LogP) is 2.12. The van der Waals surface area contributed by atoms with Crippen molar-refractivity contribution in [2.45, 2.75) is 26.2 Å². The van der Waals surface area contributed by atoms with Crippen molar-refractivity contribution in [1.29, 1.82) is 0 Å². The normalized spacial score (nSPS) is 12.0. The summed E-state index contributed by atoms with van der Waals surface area (Å²) in [6, 6.07) is 9.28. The van der Waals surface area contributed by atoms with E-state index in [-0.39, 0.29) is 0 Å². The molecular formula is C14H18O3. The SMILES string of the molecule is CCOC(C#C[C@H](O)c1ccccc1)OCC. The molecule has 0 saturated heterocycles. The summed E-state index contributed by atoms with van der Waals surface area (Å²) >= 11 is 0. The van der Waals surface area contributed by atoms with E-state index in [4.69, 9.17) is 9.47 Å². The number of hydrogen-bond acceptors (Lipinski definition) is 3. The fourth-order valence-electron chi connectivity index (χ4n) is 1.30. The minimum atomic E-state index is -0.806. The summed E-state index contributed by atoms with van der Waals surface area (Å²) in [5.41, 5.74) is 0.770. The predicted molar refractivity (Wildman–Crippen MR) is 66.2 cm³/mol. The van der Waals surface area contributed by atoms with Crippen molar-refractivity contribution in [3.63, 3.8) is 0 Å². The van der Waals surface area contributed by atoms with Crippen LogP contribution in [0.4, 0.5) is 0 Å². The van der Waals surface area contributed by atoms with Gasteiger partial charge in [-0.1, -0.05) is 36.3 Å². The Morgan fingerprint density at radius 3 is 2.18 bits per heavy atom. The Morgan fingerprint density at radius 1 is 1.06 bits per heavy atom. The van der Waals surface area contributed by atoms with Crippen LogP contribution in [0.15, 0.2) is 30.3 Å². The van der Waals surface area contributed by atoms with Crippen LogP contribution in [0.25, 0.3) is 0 Å². The van der Waals surface area contributed by atoms with Gasteiger partial charge in [-0.15, -0.1) is 0 Å². The first kappa shape index (κ1) is 13.7. The van der Waals surface area contributed by atoms with Crippen LogP contribution < -0.4 is 0 Å². The minimum absolute atomic E-state index is 0.529. The van der Waals surface area contributed by atoms with Gasteiger partial charge < -0.3 is 14.6 Å². The molecule has 1 rings (SSSR count). The van der Waals surface area contributed by atoms with E-state index in [1.165, 1.54) is 0 Å². The number of aliphatic hydroxyl groups is 1. The zero-order chi connectivity index (χ0) is 12.5. The van der Waals surface area contributed by atoms with Crippen molar-refractivity contribution >= 4 is 0 Å². The highest BCUT2D eigenvalue weighted by atomic mass is 16.7. The van der Waals surface area contributed by atoms with Gasteiger partial charge in [0.25, 0.3) is 0 Å². The number of ether oxygens (including phenoxy) is 2. The maximum Gasteiger partial charge on any atom is 0.222 e. The average Bonchev–Trinajstić information content (AvgIpc) is 2.37. The van der Waals surface area contributed by atoms with E-state index in [0.29, 0.717) is 13.2 Å². The highest BCUT2D eigenvalue weighted by Gasteiger charge is 2.05. The Balaban J connectivity index is 2.63. The van der Waals surface area contributed by atoms with E-state index < -0.39 is 12.4 Å². The van der Waals surface area contributed by atoms with Crippen molar-refractivity contribution in [1.82, 2.24) is 0 Å². The second-order valence-electron chi connectivity index (χ2n) is 3.34. The molecule has 3 nitrogen and oxygen atoms in total. The van der Waals surface area contributed by atoms with Crippen LogP contribution in [0.1, 0.15) is 25.5 Å². The molecule has 0 aromatic heterocycles. The smallest absolute Gasteiger partial charge is 0.222 e. The molecule has 0 spiro atoms. The van der Waals surface area contributed by atoms with Crippen LogP contribution in [0.3, 0.4) is 0 Å². The van der Waals surface area contributed by atoms with Crippen LogP contribution in [-0.4, -0.2) is 24.6 Å². The Morgan fingerprint density at radius 2 is 1.65 bits per heavy atom. The molecular weight excluding hydrogens is 216 g/mol. The molecule has 0 heterocycles. The van der Waals surface area contributed by atoms with Gasteiger partial charge >= 0.3 is 0 Å². The summed E-state index contributed by atoms with van der Waals surface area (Å²) in [7, 11) is 0. The summed E-state index contributed by atoms with van der Waals surface area (Å²) in [6.45, 7) is 4.81. The first-order chi connectivity index (χ1) is 8.27. The zero-order valence-corrected chi connectivity index (χ0v) is 10.2. The first-order valence-corrected chi connectivity index (χ1v) is 5.75. The number of rotatable bonds is 5. The van der Waals surface area contributed by atoms with Crippen LogP contribution >= 0.6 is 0 Å². The largest absolute Gasteiger partial charge is 0.376 e. The molecule has 3 heteroatoms. The van der Waals surface area contributed by atoms with Gasteiger partial charge in [-0.3, -0.25) is 0 Å². The molecule has 1 atom stereocenters. The van der Waals surface area contributed by atoms with Crippen molar-refractivity contribution in [3.8, 4) is 11.8 Å². The minimum Gasteiger partial charge on any atom is -0.376 e. The number of benzene rings is 1. The summed E-state index contributed by atoms with van der Waals surface area (Å²) in [6.07, 6.45) is -1.37. The van der Waals surface area contributed by atoms with E-state index >= 15 is 0 Å². The molecule has 0 bridgehead atoms. The van der Waals surface area contributed by atoms with Gasteiger partial charge in [-0.05, 0) is 25.3 Å². The van der Waals surface area contributed by atoms with E-state index in [0.717, 1.165) is 5.56 Å². The third kappa shape index (κ3) is 5.01. The molecule has 92 valence electrons. The monoisotopic (exact) mass is 234 g/mol. The quantitative estimate of drug-likeness (QED) is 0.626. The molecule has 0 unspecified atom stereocenters. The summed E-state index contributed by atoms with van der Waals surface area (Å²) < 4.78 is 10.5. The van der Waals surface area contributed by atoms with E-state index in [2.05, 4.69) is 11.8 Å². The fourth-order valence-corrected chi connectivity index (χ4v) is 1.30. The van der Waals surface area contributed by atoms with E-state index in [1.807, 2.05) is 44.2 Å². The molecule has 0 aliphatic heterocycles. The highest BCUT2D eigenvalue weighted by Crippen LogP contribution is 2.10. The van der Waals surface area contributed by atoms with Crippen molar-refractivity contribution in [2.75, 3.05) is 13.2 Å². The first-order valence-electron chi connectivity index (χ1n) is 5.75. The van der Waals surface area contributed by atoms with E-state index in [1.54, 1.807) is 0 Å². The second-order valence-corrected chi connectivity index (χ2v) is 3.34. The van der Waals surface area contributed by atoms with Crippen molar-refractivity contribution in [2.24, 2.45) is 0 Å². The lowest BCUT2D eigenvalue weighted by atomic mass is 10.1. The van der Waals surface area contributed by atoms with Gasteiger partial charge in [-0.2, -0.15) is 0 Å². The van der Waals surface area contributed by atoms with Gasteiger partial charge in [0.1, 0.15) is 6.10 Å². The molecule has 0 saturated carbocycles. The van der Waals surface area contributed by atoms with E-state index in [9.17, 15) is 5.11 Å². The van der Waals surface area contributed by atoms with Gasteiger partial charge in [-0.25, -0.2) is 0 Å². The number of hydrogen-bond donors (Lipinski definition) is 1. The lowest BCUT2D eigenvalue weighted by Crippen LogP contribution is -2.15. The highest BCUT2D eigenvalue weighted by molar-refractivity contribution is 5.25. The lowest BCUT2D eigenvalue weighted by Gasteiger charge is -2.10. The van der Waals surface area contributed by atoms with Crippen molar-refractivity contribution < 1.29 is 14.6 Å². The maximum atomic E-state index is 9.82. The topological polar surface area (TPSA) is 38.7 Å². The number of aliphatic hydroxyl groups excluding tert-OH is 1. The van der Waals surface area contributed by atoms with Gasteiger partial charge in [0.05, 0.1) is 0 Å². The molecule has 0 aliphatic rings. The zero-order valence-electron chi connectivity index (χ0n) is 10.2. The Labute approximate surface area is 102 Å². The van der Waals surface area contributed by atoms with Crippen LogP contribution in [-0.2, 0) is 9.47 Å². The summed E-state index contributed by atoms with van der Waals surface area (Å²) in [5.74, 6) is 5.50. The molecule has 1 aromatic rings. The fraction of sp³-hybridized carbons (Fsp3) is 0.429. The average molecular weight is 234 g/mol. The molecule has 0 fully saturated rings. The van der Waals surface area contributed by atoms with Crippen LogP contribution in [0.5, 0.6) is 0 Å².